The van der Waals surface area contributed by atoms with Crippen LogP contribution in [0.25, 0.3) is 21.6 Å². The average Bonchev–Trinajstić information content (AvgIpc) is 3.40. The number of halogens is 1. The number of hydrogen-bond donors (Lipinski definition) is 1. The Balaban J connectivity index is 1.36. The number of hydrogen-bond acceptors (Lipinski definition) is 7. The van der Waals surface area contributed by atoms with E-state index in [9.17, 15) is 14.0 Å². The molecule has 5 heterocycles. The standard InChI is InChI=1S/C27H29FN6O3S/c1-14-12-33-13-18(11-19(28)22(33)29-14)30-23(35)25-32-21-8-7-20(31-24(21)38-25)17-9-15(2)34(16(3)10-17)26(36)37-27(4,5)6/h7-9,11-13,15-16H,10H2,1-6H3,(H,30,35). The fraction of sp³-hybridized carbons (Fsp3) is 0.370. The number of imidazole rings is 1. The third-order valence-corrected chi connectivity index (χ3v) is 7.10. The number of aromatic nitrogens is 4. The molecule has 198 valence electrons. The van der Waals surface area contributed by atoms with Crippen molar-refractivity contribution in [3.63, 3.8) is 0 Å². The van der Waals surface area contributed by atoms with E-state index in [1.165, 1.54) is 21.8 Å². The molecule has 2 atom stereocenters. The number of pyridine rings is 2. The lowest BCUT2D eigenvalue weighted by Gasteiger charge is -2.38. The summed E-state index contributed by atoms with van der Waals surface area (Å²) in [6, 6.07) is 4.71. The summed E-state index contributed by atoms with van der Waals surface area (Å²) in [5.74, 6) is -0.974. The van der Waals surface area contributed by atoms with Gasteiger partial charge in [0.25, 0.3) is 5.91 Å². The molecular weight excluding hydrogens is 507 g/mol. The van der Waals surface area contributed by atoms with Gasteiger partial charge in [-0.3, -0.25) is 9.69 Å². The molecule has 0 bridgehead atoms. The van der Waals surface area contributed by atoms with Crippen molar-refractivity contribution in [2.75, 3.05) is 5.32 Å². The number of rotatable bonds is 3. The van der Waals surface area contributed by atoms with Crippen LogP contribution in [0.3, 0.4) is 0 Å². The molecule has 2 unspecified atom stereocenters. The Bertz CT molecular complexity index is 1600. The molecule has 0 aliphatic carbocycles. The molecule has 11 heteroatoms. The maximum absolute atomic E-state index is 14.4. The zero-order chi connectivity index (χ0) is 27.4. The summed E-state index contributed by atoms with van der Waals surface area (Å²) < 4.78 is 21.5. The van der Waals surface area contributed by atoms with Crippen LogP contribution in [0, 0.1) is 12.7 Å². The molecule has 5 rings (SSSR count). The van der Waals surface area contributed by atoms with E-state index >= 15 is 0 Å². The highest BCUT2D eigenvalue weighted by Gasteiger charge is 2.33. The van der Waals surface area contributed by atoms with Crippen LogP contribution in [0.4, 0.5) is 14.9 Å². The van der Waals surface area contributed by atoms with Crippen molar-refractivity contribution in [2.24, 2.45) is 0 Å². The summed E-state index contributed by atoms with van der Waals surface area (Å²) in [4.78, 5) is 41.3. The van der Waals surface area contributed by atoms with Gasteiger partial charge in [0.1, 0.15) is 15.9 Å². The molecule has 0 fully saturated rings. The number of amides is 2. The SMILES string of the molecule is Cc1cn2cc(NC(=O)c3nc4ccc(C5=CC(C)N(C(=O)OC(C)(C)C)C(C)C5)nc4s3)cc(F)c2n1. The van der Waals surface area contributed by atoms with Crippen molar-refractivity contribution in [3.05, 3.63) is 58.9 Å². The Hall–Kier alpha value is -3.86. The van der Waals surface area contributed by atoms with Crippen LogP contribution < -0.4 is 5.32 Å². The number of aryl methyl sites for hydroxylation is 1. The van der Waals surface area contributed by atoms with Crippen molar-refractivity contribution >= 4 is 50.6 Å². The molecule has 4 aromatic heterocycles. The van der Waals surface area contributed by atoms with Crippen molar-refractivity contribution in [1.29, 1.82) is 0 Å². The number of nitrogens with zero attached hydrogens (tertiary/aromatic N) is 5. The Kier molecular flexibility index (Phi) is 6.42. The Morgan fingerprint density at radius 1 is 1.16 bits per heavy atom. The predicted molar refractivity (Wildman–Crippen MR) is 145 cm³/mol. The van der Waals surface area contributed by atoms with E-state index in [1.807, 2.05) is 52.8 Å². The normalized spacial score (nSPS) is 18.1. The second-order valence-corrected chi connectivity index (χ2v) is 11.5. The average molecular weight is 537 g/mol. The minimum atomic E-state index is -0.567. The summed E-state index contributed by atoms with van der Waals surface area (Å²) in [7, 11) is 0. The topological polar surface area (TPSA) is 102 Å². The van der Waals surface area contributed by atoms with E-state index in [-0.39, 0.29) is 28.8 Å². The number of fused-ring (bicyclic) bond motifs is 2. The van der Waals surface area contributed by atoms with Gasteiger partial charge in [0.15, 0.2) is 16.5 Å². The predicted octanol–water partition coefficient (Wildman–Crippen LogP) is 5.84. The van der Waals surface area contributed by atoms with Crippen LogP contribution in [0.5, 0.6) is 0 Å². The van der Waals surface area contributed by atoms with Crippen LogP contribution in [-0.2, 0) is 4.74 Å². The minimum Gasteiger partial charge on any atom is -0.444 e. The minimum absolute atomic E-state index is 0.0721. The van der Waals surface area contributed by atoms with Gasteiger partial charge in [0.2, 0.25) is 0 Å². The summed E-state index contributed by atoms with van der Waals surface area (Å²) in [5.41, 5.74) is 3.01. The molecule has 1 aliphatic heterocycles. The smallest absolute Gasteiger partial charge is 0.411 e. The number of anilines is 1. The van der Waals surface area contributed by atoms with E-state index in [1.54, 1.807) is 24.2 Å². The largest absolute Gasteiger partial charge is 0.444 e. The number of thiazole rings is 1. The zero-order valence-electron chi connectivity index (χ0n) is 22.1. The lowest BCUT2D eigenvalue weighted by molar-refractivity contribution is 0.0122. The molecule has 0 saturated heterocycles. The van der Waals surface area contributed by atoms with Crippen LogP contribution in [-0.4, -0.2) is 53.9 Å². The van der Waals surface area contributed by atoms with Crippen LogP contribution >= 0.6 is 11.3 Å². The van der Waals surface area contributed by atoms with Gasteiger partial charge < -0.3 is 14.5 Å². The number of ether oxygens (including phenoxy) is 1. The van der Waals surface area contributed by atoms with Gasteiger partial charge in [0.05, 0.1) is 23.1 Å². The first-order valence-electron chi connectivity index (χ1n) is 12.3. The first-order valence-corrected chi connectivity index (χ1v) is 13.2. The van der Waals surface area contributed by atoms with Gasteiger partial charge in [-0.2, -0.15) is 0 Å². The second-order valence-electron chi connectivity index (χ2n) is 10.6. The monoisotopic (exact) mass is 536 g/mol. The third kappa shape index (κ3) is 5.10. The lowest BCUT2D eigenvalue weighted by atomic mass is 9.95. The van der Waals surface area contributed by atoms with Gasteiger partial charge in [0, 0.05) is 24.5 Å². The van der Waals surface area contributed by atoms with Crippen LogP contribution in [0.2, 0.25) is 0 Å². The summed E-state index contributed by atoms with van der Waals surface area (Å²) >= 11 is 1.17. The van der Waals surface area contributed by atoms with Gasteiger partial charge in [-0.05, 0) is 65.7 Å². The highest BCUT2D eigenvalue weighted by Crippen LogP contribution is 2.32. The van der Waals surface area contributed by atoms with Crippen molar-refractivity contribution in [3.8, 4) is 0 Å². The Labute approximate surface area is 223 Å². The maximum Gasteiger partial charge on any atom is 0.411 e. The summed E-state index contributed by atoms with van der Waals surface area (Å²) in [6.07, 6.45) is 5.60. The molecule has 0 spiro atoms. The van der Waals surface area contributed by atoms with Crippen LogP contribution in [0.1, 0.15) is 62.2 Å². The van der Waals surface area contributed by atoms with Gasteiger partial charge in [-0.15, -0.1) is 0 Å². The van der Waals surface area contributed by atoms with Gasteiger partial charge in [-0.25, -0.2) is 24.1 Å². The molecule has 1 N–H and O–H groups in total. The first-order chi connectivity index (χ1) is 17.9. The van der Waals surface area contributed by atoms with Crippen molar-refractivity contribution < 1.29 is 18.7 Å². The van der Waals surface area contributed by atoms with E-state index < -0.39 is 17.3 Å². The van der Waals surface area contributed by atoms with Crippen molar-refractivity contribution in [2.45, 2.75) is 65.6 Å². The van der Waals surface area contributed by atoms with E-state index in [0.717, 1.165) is 11.3 Å². The molecule has 1 aliphatic rings. The van der Waals surface area contributed by atoms with E-state index in [0.29, 0.717) is 28.1 Å². The lowest BCUT2D eigenvalue weighted by Crippen LogP contribution is -2.48. The molecule has 9 nitrogen and oxygen atoms in total. The molecule has 0 aromatic carbocycles. The van der Waals surface area contributed by atoms with Gasteiger partial charge in [-0.1, -0.05) is 17.4 Å². The second kappa shape index (κ2) is 9.46. The van der Waals surface area contributed by atoms with E-state index in [4.69, 9.17) is 9.72 Å². The first kappa shape index (κ1) is 25.8. The van der Waals surface area contributed by atoms with Crippen LogP contribution in [0.15, 0.2) is 36.7 Å². The van der Waals surface area contributed by atoms with Gasteiger partial charge >= 0.3 is 6.09 Å². The molecule has 0 saturated carbocycles. The Morgan fingerprint density at radius 2 is 1.92 bits per heavy atom. The summed E-state index contributed by atoms with van der Waals surface area (Å²) in [6.45, 7) is 11.3. The zero-order valence-corrected chi connectivity index (χ0v) is 22.9. The quantitative estimate of drug-likeness (QED) is 0.353. The highest BCUT2D eigenvalue weighted by atomic mass is 32.1. The van der Waals surface area contributed by atoms with Crippen molar-refractivity contribution in [1.82, 2.24) is 24.3 Å². The fourth-order valence-corrected chi connectivity index (χ4v) is 5.47. The fourth-order valence-electron chi connectivity index (χ4n) is 4.63. The molecule has 0 radical (unpaired) electrons. The third-order valence-electron chi connectivity index (χ3n) is 6.14. The molecule has 38 heavy (non-hydrogen) atoms. The number of carbonyl (C=O) groups excluding carboxylic acids is 2. The number of carbonyl (C=O) groups is 2. The Morgan fingerprint density at radius 3 is 2.63 bits per heavy atom. The maximum atomic E-state index is 14.4. The molecule has 4 aromatic rings. The molecular formula is C27H29FN6O3S. The van der Waals surface area contributed by atoms with E-state index in [2.05, 4.69) is 15.3 Å². The highest BCUT2D eigenvalue weighted by molar-refractivity contribution is 7.20. The summed E-state index contributed by atoms with van der Waals surface area (Å²) in [5, 5.41) is 2.94. The number of nitrogens with one attached hydrogen (secondary N) is 1. The molecule has 2 amide bonds.